The predicted octanol–water partition coefficient (Wildman–Crippen LogP) is 4.39. The molecule has 1 aliphatic heterocycles. The van der Waals surface area contributed by atoms with Crippen LogP contribution in [0, 0.1) is 0 Å². The quantitative estimate of drug-likeness (QED) is 0.137. The smallest absolute Gasteiger partial charge is 0.338 e. The van der Waals surface area contributed by atoms with Crippen molar-refractivity contribution < 1.29 is 38.1 Å². The van der Waals surface area contributed by atoms with Crippen LogP contribution in [0.2, 0.25) is 0 Å². The van der Waals surface area contributed by atoms with Crippen LogP contribution < -0.4 is 35.0 Å². The molecular weight excluding hydrogens is 580 g/mol. The van der Waals surface area contributed by atoms with Crippen LogP contribution in [0.1, 0.15) is 43.5 Å². The summed E-state index contributed by atoms with van der Waals surface area (Å²) in [4.78, 5) is 37.2. The molecule has 3 amide bonds. The highest BCUT2D eigenvalue weighted by Gasteiger charge is 2.32. The fourth-order valence-electron chi connectivity index (χ4n) is 4.49. The lowest BCUT2D eigenvalue weighted by Gasteiger charge is -2.28. The van der Waals surface area contributed by atoms with Crippen molar-refractivity contribution in [3.63, 3.8) is 0 Å². The standard InChI is InChI=1S/C33H36N4O8/c1-5-42-28-16-23(12-14-26(28)44-19-22-10-8-7-9-11-22)18-34-37-29(38)20-45-25-15-13-24(17-27(25)41-4)31-30(32(39)43-6-2)21(3)35-33(40)36-31/h7-18,31H,5-6,19-20H2,1-4H3,(H,37,38)(H2,35,36,40)/b34-18-/t31-/m0/s1. The average molecular weight is 617 g/mol. The first kappa shape index (κ1) is 32.4. The molecule has 1 heterocycles. The van der Waals surface area contributed by atoms with Crippen molar-refractivity contribution in [3.8, 4) is 23.0 Å². The second kappa shape index (κ2) is 15.8. The first-order valence-electron chi connectivity index (χ1n) is 14.3. The van der Waals surface area contributed by atoms with E-state index in [1.807, 2.05) is 37.3 Å². The van der Waals surface area contributed by atoms with Crippen LogP contribution >= 0.6 is 0 Å². The van der Waals surface area contributed by atoms with Crippen LogP contribution in [-0.2, 0) is 20.9 Å². The van der Waals surface area contributed by atoms with Gasteiger partial charge < -0.3 is 34.3 Å². The number of amides is 3. The van der Waals surface area contributed by atoms with Crippen molar-refractivity contribution in [3.05, 3.63) is 94.7 Å². The monoisotopic (exact) mass is 616 g/mol. The maximum atomic E-state index is 12.6. The number of hydrogen-bond acceptors (Lipinski definition) is 9. The average Bonchev–Trinajstić information content (AvgIpc) is 3.03. The Hall–Kier alpha value is -5.52. The number of nitrogens with one attached hydrogen (secondary N) is 3. The molecule has 0 unspecified atom stereocenters. The largest absolute Gasteiger partial charge is 0.493 e. The molecule has 3 aromatic rings. The first-order valence-corrected chi connectivity index (χ1v) is 14.3. The zero-order valence-corrected chi connectivity index (χ0v) is 25.5. The lowest BCUT2D eigenvalue weighted by atomic mass is 9.95. The number of rotatable bonds is 14. The molecule has 1 aliphatic rings. The summed E-state index contributed by atoms with van der Waals surface area (Å²) in [5.74, 6) is 0.694. The highest BCUT2D eigenvalue weighted by atomic mass is 16.5. The molecular formula is C33H36N4O8. The summed E-state index contributed by atoms with van der Waals surface area (Å²) in [5.41, 5.74) is 5.39. The third-order valence-electron chi connectivity index (χ3n) is 6.55. The highest BCUT2D eigenvalue weighted by Crippen LogP contribution is 2.34. The van der Waals surface area contributed by atoms with Gasteiger partial charge >= 0.3 is 12.0 Å². The van der Waals surface area contributed by atoms with Crippen LogP contribution in [0.25, 0.3) is 0 Å². The lowest BCUT2D eigenvalue weighted by Crippen LogP contribution is -2.45. The summed E-state index contributed by atoms with van der Waals surface area (Å²) in [6.07, 6.45) is 1.49. The molecule has 45 heavy (non-hydrogen) atoms. The van der Waals surface area contributed by atoms with Gasteiger partial charge in [-0.1, -0.05) is 36.4 Å². The Morgan fingerprint density at radius 3 is 2.40 bits per heavy atom. The van der Waals surface area contributed by atoms with E-state index in [0.717, 1.165) is 5.56 Å². The molecule has 0 saturated heterocycles. The van der Waals surface area contributed by atoms with Crippen molar-refractivity contribution in [1.29, 1.82) is 0 Å². The number of hydrazone groups is 1. The number of benzene rings is 3. The fourth-order valence-corrected chi connectivity index (χ4v) is 4.49. The molecule has 12 nitrogen and oxygen atoms in total. The summed E-state index contributed by atoms with van der Waals surface area (Å²) in [7, 11) is 1.44. The number of nitrogens with zero attached hydrogens (tertiary/aromatic N) is 1. The van der Waals surface area contributed by atoms with Gasteiger partial charge in [0, 0.05) is 5.70 Å². The van der Waals surface area contributed by atoms with Crippen LogP contribution in [0.15, 0.2) is 83.1 Å². The van der Waals surface area contributed by atoms with E-state index in [-0.39, 0.29) is 24.5 Å². The van der Waals surface area contributed by atoms with E-state index in [4.69, 9.17) is 23.7 Å². The molecule has 3 aromatic carbocycles. The zero-order chi connectivity index (χ0) is 32.2. The summed E-state index contributed by atoms with van der Waals surface area (Å²) >= 11 is 0. The minimum atomic E-state index is -0.772. The summed E-state index contributed by atoms with van der Waals surface area (Å²) in [6, 6.07) is 18.8. The second-order valence-corrected chi connectivity index (χ2v) is 9.70. The maximum Gasteiger partial charge on any atom is 0.338 e. The van der Waals surface area contributed by atoms with Crippen LogP contribution in [-0.4, -0.2) is 51.1 Å². The van der Waals surface area contributed by atoms with Crippen molar-refractivity contribution in [2.75, 3.05) is 26.9 Å². The Bertz CT molecular complexity index is 1570. The molecule has 1 atom stereocenters. The molecule has 4 rings (SSSR count). The number of carbonyl (C=O) groups is 3. The lowest BCUT2D eigenvalue weighted by molar-refractivity contribution is -0.139. The van der Waals surface area contributed by atoms with Gasteiger partial charge in [-0.25, -0.2) is 15.0 Å². The van der Waals surface area contributed by atoms with Gasteiger partial charge in [0.25, 0.3) is 5.91 Å². The third kappa shape index (κ3) is 8.75. The summed E-state index contributed by atoms with van der Waals surface area (Å²) in [6.45, 7) is 5.90. The van der Waals surface area contributed by atoms with Gasteiger partial charge in [-0.15, -0.1) is 0 Å². The number of urea groups is 1. The molecule has 0 fully saturated rings. The SMILES string of the molecule is CCOC(=O)C1=C(C)NC(=O)N[C@H]1c1ccc(OCC(=O)N/N=C\c2ccc(OCc3ccccc3)c(OCC)c2)c(OC)c1. The van der Waals surface area contributed by atoms with Crippen molar-refractivity contribution in [2.45, 2.75) is 33.4 Å². The fraction of sp³-hybridized carbons (Fsp3) is 0.273. The third-order valence-corrected chi connectivity index (χ3v) is 6.55. The Balaban J connectivity index is 1.36. The van der Waals surface area contributed by atoms with Crippen molar-refractivity contribution in [1.82, 2.24) is 16.1 Å². The Kier molecular flexibility index (Phi) is 11.4. The summed E-state index contributed by atoms with van der Waals surface area (Å²) < 4.78 is 28.0. The van der Waals surface area contributed by atoms with Crippen molar-refractivity contribution >= 4 is 24.1 Å². The normalized spacial score (nSPS) is 14.3. The van der Waals surface area contributed by atoms with E-state index in [1.165, 1.54) is 13.3 Å². The Morgan fingerprint density at radius 1 is 0.911 bits per heavy atom. The van der Waals surface area contributed by atoms with E-state index in [2.05, 4.69) is 21.2 Å². The predicted molar refractivity (Wildman–Crippen MR) is 166 cm³/mol. The number of carbonyl (C=O) groups excluding carboxylic acids is 3. The van der Waals surface area contributed by atoms with Gasteiger partial charge in [-0.2, -0.15) is 5.10 Å². The number of ether oxygens (including phenoxy) is 5. The summed E-state index contributed by atoms with van der Waals surface area (Å²) in [5, 5.41) is 9.35. The number of methoxy groups -OCH3 is 1. The topological polar surface area (TPSA) is 146 Å². The maximum absolute atomic E-state index is 12.6. The second-order valence-electron chi connectivity index (χ2n) is 9.70. The molecule has 3 N–H and O–H groups in total. The van der Waals surface area contributed by atoms with E-state index >= 15 is 0 Å². The van der Waals surface area contributed by atoms with Gasteiger partial charge in [-0.05, 0) is 67.8 Å². The van der Waals surface area contributed by atoms with Gasteiger partial charge in [0.15, 0.2) is 29.6 Å². The molecule has 0 bridgehead atoms. The number of hydrogen-bond donors (Lipinski definition) is 3. The Labute approximate surface area is 261 Å². The van der Waals surface area contributed by atoms with E-state index < -0.39 is 23.9 Å². The van der Waals surface area contributed by atoms with Gasteiger partial charge in [0.2, 0.25) is 0 Å². The number of esters is 1. The molecule has 0 aromatic heterocycles. The van der Waals surface area contributed by atoms with Gasteiger partial charge in [0.05, 0.1) is 38.2 Å². The van der Waals surface area contributed by atoms with Crippen LogP contribution in [0.4, 0.5) is 4.79 Å². The zero-order valence-electron chi connectivity index (χ0n) is 25.5. The minimum Gasteiger partial charge on any atom is -0.493 e. The van der Waals surface area contributed by atoms with E-state index in [0.29, 0.717) is 47.3 Å². The molecule has 0 radical (unpaired) electrons. The van der Waals surface area contributed by atoms with Gasteiger partial charge in [-0.3, -0.25) is 4.79 Å². The van der Waals surface area contributed by atoms with Crippen molar-refractivity contribution in [2.24, 2.45) is 5.10 Å². The van der Waals surface area contributed by atoms with Gasteiger partial charge in [0.1, 0.15) is 6.61 Å². The molecule has 236 valence electrons. The van der Waals surface area contributed by atoms with Crippen LogP contribution in [0.5, 0.6) is 23.0 Å². The molecule has 0 saturated carbocycles. The minimum absolute atomic E-state index is 0.184. The van der Waals surface area contributed by atoms with E-state index in [9.17, 15) is 14.4 Å². The molecule has 12 heteroatoms. The Morgan fingerprint density at radius 2 is 1.67 bits per heavy atom. The highest BCUT2D eigenvalue weighted by molar-refractivity contribution is 5.95. The first-order chi connectivity index (χ1) is 21.8. The number of allylic oxidation sites excluding steroid dienone is 1. The molecule has 0 aliphatic carbocycles. The van der Waals surface area contributed by atoms with E-state index in [1.54, 1.807) is 50.2 Å². The van der Waals surface area contributed by atoms with Crippen LogP contribution in [0.3, 0.4) is 0 Å². The molecule has 0 spiro atoms.